The number of hydrogen-bond acceptors (Lipinski definition) is 6. The maximum atomic E-state index is 11.9. The number of nitro groups is 1. The van der Waals surface area contributed by atoms with Crippen LogP contribution in [0.2, 0.25) is 0 Å². The molecule has 0 aromatic heterocycles. The molecule has 0 fully saturated rings. The Labute approximate surface area is 143 Å². The third-order valence-corrected chi connectivity index (χ3v) is 3.33. The fourth-order valence-corrected chi connectivity index (χ4v) is 2.05. The maximum absolute atomic E-state index is 11.9. The molecule has 0 atom stereocenters. The number of nitro benzene ring substituents is 1. The number of esters is 1. The average molecular weight is 344 g/mol. The van der Waals surface area contributed by atoms with Gasteiger partial charge in [0.15, 0.2) is 6.61 Å². The van der Waals surface area contributed by atoms with Gasteiger partial charge in [-0.3, -0.25) is 14.9 Å². The lowest BCUT2D eigenvalue weighted by Gasteiger charge is -2.08. The molecular formula is C17H16N2O6. The van der Waals surface area contributed by atoms with Crippen LogP contribution in [0.25, 0.3) is 0 Å². The number of anilines is 1. The first kappa shape index (κ1) is 17.9. The highest BCUT2D eigenvalue weighted by Crippen LogP contribution is 2.22. The largest absolute Gasteiger partial charge is 0.497 e. The summed E-state index contributed by atoms with van der Waals surface area (Å²) >= 11 is 0. The topological polar surface area (TPSA) is 108 Å². The van der Waals surface area contributed by atoms with E-state index in [0.29, 0.717) is 11.3 Å². The van der Waals surface area contributed by atoms with Gasteiger partial charge in [0, 0.05) is 17.3 Å². The molecule has 2 aromatic carbocycles. The molecule has 8 nitrogen and oxygen atoms in total. The van der Waals surface area contributed by atoms with E-state index in [4.69, 9.17) is 9.47 Å². The van der Waals surface area contributed by atoms with Crippen LogP contribution in [0, 0.1) is 17.0 Å². The van der Waals surface area contributed by atoms with Gasteiger partial charge in [0.05, 0.1) is 17.6 Å². The first-order valence-electron chi connectivity index (χ1n) is 7.27. The van der Waals surface area contributed by atoms with Crippen LogP contribution in [-0.4, -0.2) is 30.5 Å². The van der Waals surface area contributed by atoms with Crippen molar-refractivity contribution >= 4 is 23.3 Å². The maximum Gasteiger partial charge on any atom is 0.338 e. The van der Waals surface area contributed by atoms with Gasteiger partial charge in [-0.2, -0.15) is 0 Å². The zero-order valence-electron chi connectivity index (χ0n) is 13.6. The van der Waals surface area contributed by atoms with Crippen LogP contribution >= 0.6 is 0 Å². The molecule has 0 saturated carbocycles. The molecular weight excluding hydrogens is 328 g/mol. The van der Waals surface area contributed by atoms with Gasteiger partial charge in [0.1, 0.15) is 5.75 Å². The van der Waals surface area contributed by atoms with Gasteiger partial charge in [-0.25, -0.2) is 4.79 Å². The minimum atomic E-state index is -0.677. The molecule has 0 spiro atoms. The lowest BCUT2D eigenvalue weighted by atomic mass is 10.2. The van der Waals surface area contributed by atoms with Crippen molar-refractivity contribution in [2.45, 2.75) is 6.92 Å². The molecule has 2 rings (SSSR count). The normalized spacial score (nSPS) is 10.0. The predicted octanol–water partition coefficient (Wildman–Crippen LogP) is 2.71. The number of benzene rings is 2. The SMILES string of the molecule is COc1cccc(C(=O)OCC(=O)Nc2ccc(C)c([N+](=O)[O-])c2)c1. The summed E-state index contributed by atoms with van der Waals surface area (Å²) < 4.78 is 9.93. The quantitative estimate of drug-likeness (QED) is 0.490. The Balaban J connectivity index is 1.95. The molecule has 0 unspecified atom stereocenters. The number of amides is 1. The van der Waals surface area contributed by atoms with Crippen LogP contribution in [0.15, 0.2) is 42.5 Å². The number of aryl methyl sites for hydroxylation is 1. The van der Waals surface area contributed by atoms with Crippen LogP contribution in [-0.2, 0) is 9.53 Å². The Morgan fingerprint density at radius 3 is 2.64 bits per heavy atom. The van der Waals surface area contributed by atoms with Crippen molar-refractivity contribution in [1.29, 1.82) is 0 Å². The number of rotatable bonds is 6. The molecule has 0 radical (unpaired) electrons. The van der Waals surface area contributed by atoms with Gasteiger partial charge < -0.3 is 14.8 Å². The number of methoxy groups -OCH3 is 1. The molecule has 1 N–H and O–H groups in total. The summed E-state index contributed by atoms with van der Waals surface area (Å²) in [6.07, 6.45) is 0. The Hall–Kier alpha value is -3.42. The van der Waals surface area contributed by atoms with E-state index in [1.54, 1.807) is 19.1 Å². The Morgan fingerprint density at radius 1 is 1.20 bits per heavy atom. The van der Waals surface area contributed by atoms with Crippen LogP contribution in [0.1, 0.15) is 15.9 Å². The van der Waals surface area contributed by atoms with Crippen molar-refractivity contribution in [3.63, 3.8) is 0 Å². The van der Waals surface area contributed by atoms with Crippen molar-refractivity contribution in [2.75, 3.05) is 19.0 Å². The van der Waals surface area contributed by atoms with Gasteiger partial charge in [-0.1, -0.05) is 12.1 Å². The Bertz CT molecular complexity index is 819. The van der Waals surface area contributed by atoms with E-state index in [2.05, 4.69) is 5.32 Å². The summed E-state index contributed by atoms with van der Waals surface area (Å²) in [6.45, 7) is 1.08. The van der Waals surface area contributed by atoms with Crippen molar-refractivity contribution in [1.82, 2.24) is 0 Å². The van der Waals surface area contributed by atoms with Crippen LogP contribution < -0.4 is 10.1 Å². The molecule has 0 saturated heterocycles. The van der Waals surface area contributed by atoms with E-state index >= 15 is 0 Å². The standard InChI is InChI=1S/C17H16N2O6/c1-11-6-7-13(9-15(11)19(22)23)18-16(20)10-25-17(21)12-4-3-5-14(8-12)24-2/h3-9H,10H2,1-2H3,(H,18,20). The third kappa shape index (κ3) is 4.77. The summed E-state index contributed by atoms with van der Waals surface area (Å²) in [4.78, 5) is 34.1. The van der Waals surface area contributed by atoms with Gasteiger partial charge in [0.25, 0.3) is 11.6 Å². The van der Waals surface area contributed by atoms with E-state index in [1.807, 2.05) is 0 Å². The molecule has 0 aliphatic rings. The number of hydrogen-bond donors (Lipinski definition) is 1. The van der Waals surface area contributed by atoms with Crippen LogP contribution in [0.5, 0.6) is 5.75 Å². The number of nitrogens with one attached hydrogen (secondary N) is 1. The molecule has 0 bridgehead atoms. The monoisotopic (exact) mass is 344 g/mol. The fourth-order valence-electron chi connectivity index (χ4n) is 2.05. The van der Waals surface area contributed by atoms with Gasteiger partial charge in [-0.15, -0.1) is 0 Å². The van der Waals surface area contributed by atoms with Crippen molar-refractivity contribution in [3.05, 3.63) is 63.7 Å². The molecule has 130 valence electrons. The number of carbonyl (C=O) groups is 2. The number of carbonyl (C=O) groups excluding carboxylic acids is 2. The third-order valence-electron chi connectivity index (χ3n) is 3.33. The van der Waals surface area contributed by atoms with Crippen LogP contribution in [0.3, 0.4) is 0 Å². The first-order chi connectivity index (χ1) is 11.9. The minimum absolute atomic E-state index is 0.105. The molecule has 8 heteroatoms. The van der Waals surface area contributed by atoms with E-state index in [1.165, 1.54) is 37.4 Å². The summed E-state index contributed by atoms with van der Waals surface area (Å²) in [5, 5.41) is 13.3. The fraction of sp³-hybridized carbons (Fsp3) is 0.176. The van der Waals surface area contributed by atoms with Crippen molar-refractivity contribution in [2.24, 2.45) is 0 Å². The van der Waals surface area contributed by atoms with Gasteiger partial charge >= 0.3 is 5.97 Å². The zero-order chi connectivity index (χ0) is 18.4. The molecule has 0 aliphatic heterocycles. The minimum Gasteiger partial charge on any atom is -0.497 e. The summed E-state index contributed by atoms with van der Waals surface area (Å²) in [7, 11) is 1.47. The lowest BCUT2D eigenvalue weighted by Crippen LogP contribution is -2.21. The molecule has 0 heterocycles. The van der Waals surface area contributed by atoms with Gasteiger partial charge in [-0.05, 0) is 31.2 Å². The molecule has 25 heavy (non-hydrogen) atoms. The second kappa shape index (κ2) is 7.91. The smallest absolute Gasteiger partial charge is 0.338 e. The first-order valence-corrected chi connectivity index (χ1v) is 7.27. The predicted molar refractivity (Wildman–Crippen MR) is 89.7 cm³/mol. The van der Waals surface area contributed by atoms with Gasteiger partial charge in [0.2, 0.25) is 0 Å². The average Bonchev–Trinajstić information content (AvgIpc) is 2.61. The number of nitrogens with zero attached hydrogens (tertiary/aromatic N) is 1. The summed E-state index contributed by atoms with van der Waals surface area (Å²) in [5.74, 6) is -0.788. The van der Waals surface area contributed by atoms with Crippen molar-refractivity contribution < 1.29 is 24.0 Å². The van der Waals surface area contributed by atoms with E-state index in [9.17, 15) is 19.7 Å². The van der Waals surface area contributed by atoms with Crippen molar-refractivity contribution in [3.8, 4) is 5.75 Å². The van der Waals surface area contributed by atoms with Crippen LogP contribution in [0.4, 0.5) is 11.4 Å². The highest BCUT2D eigenvalue weighted by atomic mass is 16.6. The van der Waals surface area contributed by atoms with E-state index in [0.717, 1.165) is 0 Å². The summed E-state index contributed by atoms with van der Waals surface area (Å²) in [5.41, 5.74) is 0.872. The Morgan fingerprint density at radius 2 is 1.96 bits per heavy atom. The zero-order valence-corrected chi connectivity index (χ0v) is 13.6. The highest BCUT2D eigenvalue weighted by molar-refractivity contribution is 5.95. The van der Waals surface area contributed by atoms with E-state index < -0.39 is 23.4 Å². The second-order valence-electron chi connectivity index (χ2n) is 5.11. The van der Waals surface area contributed by atoms with E-state index in [-0.39, 0.29) is 16.9 Å². The molecule has 2 aromatic rings. The summed E-state index contributed by atoms with van der Waals surface area (Å²) in [6, 6.07) is 10.6. The highest BCUT2D eigenvalue weighted by Gasteiger charge is 2.14. The molecule has 1 amide bonds. The Kier molecular flexibility index (Phi) is 5.67. The number of ether oxygens (including phenoxy) is 2. The second-order valence-corrected chi connectivity index (χ2v) is 5.11. The molecule has 0 aliphatic carbocycles. The lowest BCUT2D eigenvalue weighted by molar-refractivity contribution is -0.385.